The van der Waals surface area contributed by atoms with E-state index < -0.39 is 15.9 Å². The Kier molecular flexibility index (Phi) is 7.48. The maximum atomic E-state index is 13.7. The molecule has 44 heavy (non-hydrogen) atoms. The summed E-state index contributed by atoms with van der Waals surface area (Å²) in [6.07, 6.45) is 9.91. The molecule has 2 saturated carbocycles. The van der Waals surface area contributed by atoms with Gasteiger partial charge < -0.3 is 10.1 Å². The molecule has 2 aliphatic heterocycles. The summed E-state index contributed by atoms with van der Waals surface area (Å²) in [4.78, 5) is 22.8. The molecule has 234 valence electrons. The van der Waals surface area contributed by atoms with Crippen LogP contribution in [-0.4, -0.2) is 70.9 Å². The van der Waals surface area contributed by atoms with Crippen molar-refractivity contribution in [2.75, 3.05) is 36.6 Å². The molecule has 7 rings (SSSR count). The molecule has 13 heteroatoms. The molecule has 0 radical (unpaired) electrons. The third-order valence-corrected chi connectivity index (χ3v) is 10.5. The van der Waals surface area contributed by atoms with E-state index in [2.05, 4.69) is 39.0 Å². The standard InChI is InChI=1S/C31H40N8O4S/c1-31(2)15-19-37-17-4-16-32-25-5-3-6-28(33-25)44(41,42)36-30(40)24-11-12-26(34-29(24)39(31)37)38-18-13-27(35-38)43-20-14-23(21-7-8-21)22-9-10-22/h3,5-6,11-13,18,21-23H,4,7-10,14-17,19-20H2,1-2H3,(H,32,33)(H,36,40). The number of hydrogen-bond acceptors (Lipinski definition) is 10. The van der Waals surface area contributed by atoms with E-state index >= 15 is 0 Å². The first-order valence-corrected chi connectivity index (χ1v) is 17.2. The number of hydrogen-bond donors (Lipinski definition) is 2. The highest BCUT2D eigenvalue weighted by atomic mass is 32.2. The fraction of sp³-hybridized carbons (Fsp3) is 0.548. The number of nitrogens with one attached hydrogen (secondary N) is 2. The molecule has 0 aromatic carbocycles. The van der Waals surface area contributed by atoms with Crippen LogP contribution >= 0.6 is 0 Å². The molecule has 0 atom stereocenters. The zero-order chi connectivity index (χ0) is 30.5. The van der Waals surface area contributed by atoms with E-state index in [0.717, 1.165) is 43.6 Å². The number of carbonyl (C=O) groups is 1. The molecule has 1 amide bonds. The fourth-order valence-corrected chi connectivity index (χ4v) is 7.55. The minimum Gasteiger partial charge on any atom is -0.477 e. The highest BCUT2D eigenvalue weighted by Crippen LogP contribution is 2.50. The molecule has 3 fully saturated rings. The molecule has 3 aromatic heterocycles. The summed E-state index contributed by atoms with van der Waals surface area (Å²) in [5, 5.41) is 11.8. The number of hydrazine groups is 1. The molecule has 1 saturated heterocycles. The van der Waals surface area contributed by atoms with Gasteiger partial charge in [-0.05, 0) is 101 Å². The van der Waals surface area contributed by atoms with Gasteiger partial charge in [0, 0.05) is 31.9 Å². The fourth-order valence-electron chi connectivity index (χ4n) is 6.62. The summed E-state index contributed by atoms with van der Waals surface area (Å²) in [5.74, 6) is 3.62. The summed E-state index contributed by atoms with van der Waals surface area (Å²) in [7, 11) is -4.23. The molecule has 12 nitrogen and oxygen atoms in total. The Labute approximate surface area is 258 Å². The second-order valence-electron chi connectivity index (χ2n) is 13.0. The van der Waals surface area contributed by atoms with Crippen LogP contribution in [0.15, 0.2) is 47.6 Å². The van der Waals surface area contributed by atoms with E-state index in [1.54, 1.807) is 35.1 Å². The number of sulfonamides is 1. The van der Waals surface area contributed by atoms with Gasteiger partial charge in [-0.2, -0.15) is 8.42 Å². The molecule has 4 aliphatic rings. The number of fused-ring (bicyclic) bond motifs is 5. The molecule has 2 bridgehead atoms. The molecule has 2 aliphatic carbocycles. The highest BCUT2D eigenvalue weighted by molar-refractivity contribution is 7.90. The van der Waals surface area contributed by atoms with Gasteiger partial charge in [0.05, 0.1) is 17.7 Å². The topological polar surface area (TPSA) is 135 Å². The van der Waals surface area contributed by atoms with Crippen LogP contribution in [0, 0.1) is 17.8 Å². The first-order valence-electron chi connectivity index (χ1n) is 15.7. The zero-order valence-electron chi connectivity index (χ0n) is 25.3. The third-order valence-electron chi connectivity index (χ3n) is 9.22. The van der Waals surface area contributed by atoms with E-state index in [-0.39, 0.29) is 16.1 Å². The average Bonchev–Trinajstić information content (AvgIpc) is 3.93. The number of rotatable bonds is 7. The number of pyridine rings is 2. The Hall–Kier alpha value is -3.71. The van der Waals surface area contributed by atoms with Crippen molar-refractivity contribution >= 4 is 27.6 Å². The van der Waals surface area contributed by atoms with Crippen LogP contribution in [-0.2, 0) is 10.0 Å². The van der Waals surface area contributed by atoms with Crippen molar-refractivity contribution < 1.29 is 17.9 Å². The van der Waals surface area contributed by atoms with Gasteiger partial charge >= 0.3 is 0 Å². The number of aromatic nitrogens is 4. The van der Waals surface area contributed by atoms with Crippen LogP contribution in [0.5, 0.6) is 5.88 Å². The predicted molar refractivity (Wildman–Crippen MR) is 165 cm³/mol. The molecular formula is C31H40N8O4S. The Balaban J connectivity index is 1.19. The van der Waals surface area contributed by atoms with Crippen LogP contribution in [0.3, 0.4) is 0 Å². The zero-order valence-corrected chi connectivity index (χ0v) is 26.1. The van der Waals surface area contributed by atoms with Gasteiger partial charge in [-0.3, -0.25) is 9.80 Å². The van der Waals surface area contributed by atoms with Crippen molar-refractivity contribution in [2.45, 2.75) is 69.4 Å². The Morgan fingerprint density at radius 3 is 2.61 bits per heavy atom. The first kappa shape index (κ1) is 29.0. The maximum absolute atomic E-state index is 13.7. The van der Waals surface area contributed by atoms with Crippen LogP contribution in [0.2, 0.25) is 0 Å². The van der Waals surface area contributed by atoms with Crippen molar-refractivity contribution in [1.82, 2.24) is 29.5 Å². The molecule has 2 N–H and O–H groups in total. The van der Waals surface area contributed by atoms with E-state index in [0.29, 0.717) is 43.0 Å². The largest absolute Gasteiger partial charge is 0.477 e. The van der Waals surface area contributed by atoms with Crippen LogP contribution in [0.1, 0.15) is 69.2 Å². The average molecular weight is 621 g/mol. The number of carbonyl (C=O) groups excluding carboxylic acids is 1. The number of nitrogens with zero attached hydrogens (tertiary/aromatic N) is 6. The second-order valence-corrected chi connectivity index (χ2v) is 14.6. The lowest BCUT2D eigenvalue weighted by Crippen LogP contribution is -2.49. The van der Waals surface area contributed by atoms with Crippen molar-refractivity contribution in [2.24, 2.45) is 17.8 Å². The van der Waals surface area contributed by atoms with Crippen molar-refractivity contribution in [1.29, 1.82) is 0 Å². The normalized spacial score (nSPS) is 21.6. The Bertz CT molecular complexity index is 1640. The lowest BCUT2D eigenvalue weighted by Gasteiger charge is -2.39. The van der Waals surface area contributed by atoms with Gasteiger partial charge in [0.15, 0.2) is 16.7 Å². The van der Waals surface area contributed by atoms with Gasteiger partial charge in [0.2, 0.25) is 5.88 Å². The lowest BCUT2D eigenvalue weighted by atomic mass is 9.95. The van der Waals surface area contributed by atoms with Gasteiger partial charge in [-0.1, -0.05) is 6.07 Å². The SMILES string of the molecule is CC1(C)CCN2CCCNc3cccc(n3)S(=O)(=O)NC(=O)c3ccc(-n4ccc(OCCC(C5CC5)C5CC5)n4)nc3N21. The van der Waals surface area contributed by atoms with Gasteiger partial charge in [-0.25, -0.2) is 24.4 Å². The lowest BCUT2D eigenvalue weighted by molar-refractivity contribution is 0.0980. The summed E-state index contributed by atoms with van der Waals surface area (Å²) >= 11 is 0. The van der Waals surface area contributed by atoms with E-state index in [1.165, 1.54) is 31.7 Å². The van der Waals surface area contributed by atoms with Crippen molar-refractivity contribution in [3.63, 3.8) is 0 Å². The first-order chi connectivity index (χ1) is 21.2. The summed E-state index contributed by atoms with van der Waals surface area (Å²) in [6, 6.07) is 9.81. The van der Waals surface area contributed by atoms with Gasteiger partial charge in [0.25, 0.3) is 15.9 Å². The van der Waals surface area contributed by atoms with E-state index in [1.807, 2.05) is 11.1 Å². The quantitative estimate of drug-likeness (QED) is 0.399. The van der Waals surface area contributed by atoms with Crippen LogP contribution in [0.4, 0.5) is 11.6 Å². The van der Waals surface area contributed by atoms with Crippen molar-refractivity contribution in [3.8, 4) is 11.7 Å². The monoisotopic (exact) mass is 620 g/mol. The summed E-state index contributed by atoms with van der Waals surface area (Å²) < 4.78 is 36.4. The Morgan fingerprint density at radius 2 is 1.84 bits per heavy atom. The maximum Gasteiger partial charge on any atom is 0.281 e. The molecule has 0 spiro atoms. The Morgan fingerprint density at radius 1 is 1.05 bits per heavy atom. The summed E-state index contributed by atoms with van der Waals surface area (Å²) in [5.41, 5.74) is -0.216. The number of amides is 1. The number of ether oxygens (including phenoxy) is 1. The molecule has 3 aromatic rings. The van der Waals surface area contributed by atoms with E-state index in [4.69, 9.17) is 9.72 Å². The number of anilines is 2. The predicted octanol–water partition coefficient (Wildman–Crippen LogP) is 4.01. The molecular weight excluding hydrogens is 580 g/mol. The van der Waals surface area contributed by atoms with Crippen LogP contribution in [0.25, 0.3) is 5.82 Å². The summed E-state index contributed by atoms with van der Waals surface area (Å²) in [6.45, 7) is 6.94. The minimum atomic E-state index is -4.23. The molecule has 0 unspecified atom stereocenters. The van der Waals surface area contributed by atoms with Crippen LogP contribution < -0.4 is 19.8 Å². The minimum absolute atomic E-state index is 0.151. The molecule has 5 heterocycles. The van der Waals surface area contributed by atoms with E-state index in [9.17, 15) is 13.2 Å². The third kappa shape index (κ3) is 5.99. The van der Waals surface area contributed by atoms with Gasteiger partial charge in [-0.15, -0.1) is 5.10 Å². The smallest absolute Gasteiger partial charge is 0.281 e. The van der Waals surface area contributed by atoms with Crippen molar-refractivity contribution in [3.05, 3.63) is 48.2 Å². The van der Waals surface area contributed by atoms with Gasteiger partial charge in [0.1, 0.15) is 5.82 Å². The highest BCUT2D eigenvalue weighted by Gasteiger charge is 2.42. The second kappa shape index (κ2) is 11.3.